The summed E-state index contributed by atoms with van der Waals surface area (Å²) in [6.07, 6.45) is -45.3. The van der Waals surface area contributed by atoms with Gasteiger partial charge in [-0.05, 0) is 12.0 Å². The molecule has 5 rings (SSSR count). The van der Waals surface area contributed by atoms with Crippen molar-refractivity contribution >= 4 is 0 Å². The van der Waals surface area contributed by atoms with Crippen molar-refractivity contribution in [3.05, 3.63) is 10.4 Å². The first-order valence-electron chi connectivity index (χ1n) is 19.6. The normalized spacial score (nSPS) is 49.0. The highest BCUT2D eigenvalue weighted by Crippen LogP contribution is 2.34. The summed E-state index contributed by atoms with van der Waals surface area (Å²) in [5.74, 6) is 0. The smallest absolute Gasteiger partial charge is 0.187 e. The number of ether oxygens (including phenoxy) is 10. The SMILES string of the molecule is [N-]=[N+]=NCCCO[C@H]1O[C@H](CO[C@H]2O[C@H](CO[C@H]3O[C@H](CO)[C@@H](O)[C@H](O)[C@@H]3O)[C@@H](O)[C@H](O[C@H]3O[C@H](CO)[C@@H](O)[C@H](O)[C@@H]3O)[C@@H]2O)[C@@H](O)[C@H](O[C@H]2O[C@H](CO)[C@@H](O)[C@H](O)[C@@H]2O)[C@@H]1O. The van der Waals surface area contributed by atoms with Gasteiger partial charge < -0.3 is 129 Å². The maximum absolute atomic E-state index is 11.5. The fraction of sp³-hybridized carbons (Fsp3) is 1.00. The fourth-order valence-electron chi connectivity index (χ4n) is 7.31. The summed E-state index contributed by atoms with van der Waals surface area (Å²) in [6.45, 7) is -4.37. The van der Waals surface area contributed by atoms with Crippen molar-refractivity contribution in [2.45, 2.75) is 160 Å². The highest BCUT2D eigenvalue weighted by atomic mass is 16.8. The molecule has 0 aromatic carbocycles. The van der Waals surface area contributed by atoms with Crippen LogP contribution in [0, 0.1) is 0 Å². The van der Waals surface area contributed by atoms with Gasteiger partial charge in [-0.2, -0.15) is 0 Å². The number of hydrogen-bond acceptors (Lipinski definition) is 27. The second kappa shape index (κ2) is 23.1. The van der Waals surface area contributed by atoms with E-state index in [1.807, 2.05) is 0 Å². The van der Waals surface area contributed by atoms with Gasteiger partial charge in [0.15, 0.2) is 31.5 Å². The molecule has 0 saturated carbocycles. The Morgan fingerprint density at radius 1 is 0.403 bits per heavy atom. The third kappa shape index (κ3) is 11.4. The third-order valence-electron chi connectivity index (χ3n) is 11.0. The maximum Gasteiger partial charge on any atom is 0.187 e. The van der Waals surface area contributed by atoms with Gasteiger partial charge in [-0.3, -0.25) is 0 Å². The number of aliphatic hydroxyl groups excluding tert-OH is 16. The van der Waals surface area contributed by atoms with Crippen molar-refractivity contribution in [2.75, 3.05) is 46.2 Å². The molecule has 0 aliphatic carbocycles. The third-order valence-corrected chi connectivity index (χ3v) is 11.0. The summed E-state index contributed by atoms with van der Waals surface area (Å²) in [6, 6.07) is 0. The van der Waals surface area contributed by atoms with Gasteiger partial charge in [-0.25, -0.2) is 0 Å². The Hall–Kier alpha value is -1.73. The lowest BCUT2D eigenvalue weighted by atomic mass is 9.96. The molecule has 0 bridgehead atoms. The summed E-state index contributed by atoms with van der Waals surface area (Å²) in [7, 11) is 0. The first-order chi connectivity index (χ1) is 29.5. The van der Waals surface area contributed by atoms with Gasteiger partial charge in [0, 0.05) is 18.1 Å². The molecule has 29 nitrogen and oxygen atoms in total. The molecule has 5 fully saturated rings. The standard InChI is InChI=1S/C33H57N3O26/c34-36-35-2-1-3-53-30-25(51)27(61-32-23(49)20(46)15(41)10(5-38)57-32)17(43)12(59-30)8-55-31-26(52)28(62-33-24(50)21(47)16(42)11(6-39)58-33)18(44)13(60-31)7-54-29-22(48)19(45)14(40)9(4-37)56-29/h9-33,37-52H,1-8H2/t9-,10-,11-,12-,13-,14-,15-,16-,17-,18-,19+,20+,21+,22+,23+,24+,25+,26+,27+,28+,29+,30+,31+,32-,33-/m1/s1. The Balaban J connectivity index is 1.36. The Morgan fingerprint density at radius 2 is 0.742 bits per heavy atom. The zero-order valence-corrected chi connectivity index (χ0v) is 32.7. The van der Waals surface area contributed by atoms with Crippen LogP contribution < -0.4 is 0 Å². The van der Waals surface area contributed by atoms with E-state index in [0.717, 1.165) is 0 Å². The van der Waals surface area contributed by atoms with Crippen molar-refractivity contribution in [1.82, 2.24) is 0 Å². The Morgan fingerprint density at radius 3 is 1.13 bits per heavy atom. The van der Waals surface area contributed by atoms with Crippen LogP contribution in [0.1, 0.15) is 6.42 Å². The minimum Gasteiger partial charge on any atom is -0.394 e. The van der Waals surface area contributed by atoms with Crippen LogP contribution in [0.5, 0.6) is 0 Å². The topological polar surface area (TPSA) is 465 Å². The van der Waals surface area contributed by atoms with Gasteiger partial charge in [0.2, 0.25) is 0 Å². The lowest BCUT2D eigenvalue weighted by molar-refractivity contribution is -0.377. The molecular formula is C33H57N3O26. The number of rotatable bonds is 18. The van der Waals surface area contributed by atoms with Gasteiger partial charge >= 0.3 is 0 Å². The zero-order valence-electron chi connectivity index (χ0n) is 32.7. The summed E-state index contributed by atoms with van der Waals surface area (Å²) < 4.78 is 55.9. The van der Waals surface area contributed by atoms with Crippen LogP contribution in [-0.2, 0) is 47.4 Å². The van der Waals surface area contributed by atoms with Crippen molar-refractivity contribution in [2.24, 2.45) is 5.11 Å². The molecule has 0 amide bonds. The summed E-state index contributed by atoms with van der Waals surface area (Å²) >= 11 is 0. The largest absolute Gasteiger partial charge is 0.394 e. The van der Waals surface area contributed by atoms with Crippen LogP contribution in [0.25, 0.3) is 10.4 Å². The lowest BCUT2D eigenvalue weighted by Gasteiger charge is -2.47. The minimum atomic E-state index is -2.08. The van der Waals surface area contributed by atoms with Gasteiger partial charge in [0.1, 0.15) is 122 Å². The minimum absolute atomic E-state index is 0.0321. The van der Waals surface area contributed by atoms with E-state index < -0.39 is 187 Å². The van der Waals surface area contributed by atoms with Crippen LogP contribution in [0.15, 0.2) is 5.11 Å². The molecule has 0 aromatic heterocycles. The first kappa shape index (κ1) is 51.3. The van der Waals surface area contributed by atoms with E-state index >= 15 is 0 Å². The summed E-state index contributed by atoms with van der Waals surface area (Å²) in [5.41, 5.74) is 8.58. The summed E-state index contributed by atoms with van der Waals surface area (Å²) in [4.78, 5) is 2.62. The molecule has 25 atom stereocenters. The van der Waals surface area contributed by atoms with Crippen molar-refractivity contribution in [3.8, 4) is 0 Å². The van der Waals surface area contributed by atoms with Gasteiger partial charge in [0.25, 0.3) is 0 Å². The van der Waals surface area contributed by atoms with Crippen molar-refractivity contribution in [3.63, 3.8) is 0 Å². The van der Waals surface area contributed by atoms with E-state index in [4.69, 9.17) is 52.9 Å². The molecule has 5 saturated heterocycles. The number of hydrogen-bond donors (Lipinski definition) is 16. The van der Waals surface area contributed by atoms with E-state index in [1.165, 1.54) is 0 Å². The van der Waals surface area contributed by atoms with E-state index in [9.17, 15) is 81.7 Å². The number of azide groups is 1. The second-order valence-corrected chi connectivity index (χ2v) is 15.2. The van der Waals surface area contributed by atoms with Crippen LogP contribution in [0.2, 0.25) is 0 Å². The molecule has 0 unspecified atom stereocenters. The monoisotopic (exact) mass is 911 g/mol. The maximum atomic E-state index is 11.5. The predicted molar refractivity (Wildman–Crippen MR) is 189 cm³/mol. The average molecular weight is 912 g/mol. The van der Waals surface area contributed by atoms with E-state index in [0.29, 0.717) is 0 Å². The van der Waals surface area contributed by atoms with Crippen LogP contribution in [0.4, 0.5) is 0 Å². The molecule has 62 heavy (non-hydrogen) atoms. The Kier molecular flexibility index (Phi) is 19.1. The van der Waals surface area contributed by atoms with E-state index in [2.05, 4.69) is 10.0 Å². The quantitative estimate of drug-likeness (QED) is 0.0263. The average Bonchev–Trinajstić information content (AvgIpc) is 3.26. The number of nitrogens with zero attached hydrogens (tertiary/aromatic N) is 3. The first-order valence-corrected chi connectivity index (χ1v) is 19.6. The molecule has 5 heterocycles. The molecule has 0 aromatic rings. The molecular weight excluding hydrogens is 854 g/mol. The molecule has 5 aliphatic heterocycles. The lowest BCUT2D eigenvalue weighted by Crippen LogP contribution is -2.66. The second-order valence-electron chi connectivity index (χ2n) is 15.2. The van der Waals surface area contributed by atoms with Gasteiger partial charge in [-0.15, -0.1) is 0 Å². The van der Waals surface area contributed by atoms with Gasteiger partial charge in [-0.1, -0.05) is 5.11 Å². The Labute approximate surface area is 350 Å². The molecule has 29 heteroatoms. The molecule has 360 valence electrons. The van der Waals surface area contributed by atoms with E-state index in [1.54, 1.807) is 0 Å². The summed E-state index contributed by atoms with van der Waals surface area (Å²) in [5, 5.41) is 171. The molecule has 0 radical (unpaired) electrons. The van der Waals surface area contributed by atoms with E-state index in [-0.39, 0.29) is 19.6 Å². The highest BCUT2D eigenvalue weighted by molar-refractivity contribution is 4.97. The van der Waals surface area contributed by atoms with Gasteiger partial charge in [0.05, 0.1) is 33.0 Å². The predicted octanol–water partition coefficient (Wildman–Crippen LogP) is -10.2. The van der Waals surface area contributed by atoms with Crippen LogP contribution in [-0.4, -0.2) is 281 Å². The van der Waals surface area contributed by atoms with Crippen molar-refractivity contribution < 1.29 is 129 Å². The van der Waals surface area contributed by atoms with Crippen LogP contribution in [0.3, 0.4) is 0 Å². The Bertz CT molecular complexity index is 1400. The van der Waals surface area contributed by atoms with Crippen LogP contribution >= 0.6 is 0 Å². The molecule has 16 N–H and O–H groups in total. The zero-order chi connectivity index (χ0) is 45.6. The molecule has 0 spiro atoms. The molecule has 5 aliphatic rings. The fourth-order valence-corrected chi connectivity index (χ4v) is 7.31. The number of aliphatic hydroxyl groups is 16. The highest BCUT2D eigenvalue weighted by Gasteiger charge is 2.54. The van der Waals surface area contributed by atoms with Crippen molar-refractivity contribution in [1.29, 1.82) is 0 Å².